The van der Waals surface area contributed by atoms with Crippen LogP contribution in [-0.2, 0) is 4.74 Å². The van der Waals surface area contributed by atoms with Crippen LogP contribution in [0.3, 0.4) is 0 Å². The van der Waals surface area contributed by atoms with Gasteiger partial charge in [-0.15, -0.1) is 0 Å². The average molecular weight is 416 g/mol. The van der Waals surface area contributed by atoms with E-state index in [0.29, 0.717) is 12.1 Å². The number of hydrogen-bond donors (Lipinski definition) is 1. The van der Waals surface area contributed by atoms with Crippen molar-refractivity contribution >= 4 is 38.2 Å². The van der Waals surface area contributed by atoms with Crippen molar-refractivity contribution in [2.24, 2.45) is 0 Å². The van der Waals surface area contributed by atoms with Gasteiger partial charge >= 0.3 is 0 Å². The number of benzene rings is 1. The third-order valence-corrected chi connectivity index (χ3v) is 6.53. The normalized spacial score (nSPS) is 14.9. The summed E-state index contributed by atoms with van der Waals surface area (Å²) in [6.07, 6.45) is 3.05. The summed E-state index contributed by atoms with van der Waals surface area (Å²) in [6.45, 7) is 11.4. The number of fused-ring (bicyclic) bond motifs is 3. The molecule has 29 heavy (non-hydrogen) atoms. The molecule has 0 bridgehead atoms. The summed E-state index contributed by atoms with van der Waals surface area (Å²) in [4.78, 5) is 22.9. The summed E-state index contributed by atoms with van der Waals surface area (Å²) < 4.78 is 8.63. The molecule has 0 spiro atoms. The third kappa shape index (κ3) is 4.39. The molecular formula is C21H29N5O2S. The number of amides is 1. The van der Waals surface area contributed by atoms with Gasteiger partial charge in [-0.3, -0.25) is 9.20 Å². The van der Waals surface area contributed by atoms with Crippen LogP contribution in [-0.4, -0.2) is 72.7 Å². The van der Waals surface area contributed by atoms with Crippen LogP contribution in [0, 0.1) is 0 Å². The van der Waals surface area contributed by atoms with E-state index < -0.39 is 0 Å². The van der Waals surface area contributed by atoms with Gasteiger partial charge in [-0.05, 0) is 44.3 Å². The van der Waals surface area contributed by atoms with Gasteiger partial charge in [0.1, 0.15) is 5.82 Å². The topological polar surface area (TPSA) is 62.1 Å². The molecule has 3 heterocycles. The molecule has 4 rings (SSSR count). The number of carbonyl (C=O) groups is 1. The van der Waals surface area contributed by atoms with Gasteiger partial charge in [0.15, 0.2) is 4.96 Å². The fourth-order valence-electron chi connectivity index (χ4n) is 3.72. The highest BCUT2D eigenvalue weighted by Gasteiger charge is 2.17. The van der Waals surface area contributed by atoms with E-state index in [0.717, 1.165) is 73.4 Å². The van der Waals surface area contributed by atoms with Crippen LogP contribution < -0.4 is 10.2 Å². The number of nitrogens with one attached hydrogen (secondary N) is 1. The number of carbonyl (C=O) groups excluding carboxylic acids is 1. The third-order valence-electron chi connectivity index (χ3n) is 5.51. The van der Waals surface area contributed by atoms with E-state index in [2.05, 4.69) is 39.6 Å². The highest BCUT2D eigenvalue weighted by atomic mass is 32.1. The Balaban J connectivity index is 1.43. The van der Waals surface area contributed by atoms with Crippen LogP contribution in [0.25, 0.3) is 15.2 Å². The predicted molar refractivity (Wildman–Crippen MR) is 118 cm³/mol. The van der Waals surface area contributed by atoms with Crippen molar-refractivity contribution in [2.75, 3.05) is 57.4 Å². The molecule has 1 N–H and O–H groups in total. The molecule has 2 aromatic heterocycles. The Bertz CT molecular complexity index is 972. The Morgan fingerprint density at radius 3 is 2.83 bits per heavy atom. The van der Waals surface area contributed by atoms with Gasteiger partial charge in [0.2, 0.25) is 0 Å². The molecule has 0 aliphatic carbocycles. The Kier molecular flexibility index (Phi) is 6.32. The second kappa shape index (κ2) is 9.11. The van der Waals surface area contributed by atoms with E-state index >= 15 is 0 Å². The molecule has 1 saturated heterocycles. The average Bonchev–Trinajstić information content (AvgIpc) is 3.32. The van der Waals surface area contributed by atoms with Gasteiger partial charge in [0.05, 0.1) is 29.6 Å². The number of anilines is 1. The van der Waals surface area contributed by atoms with Crippen LogP contribution in [0.5, 0.6) is 0 Å². The minimum Gasteiger partial charge on any atom is -0.378 e. The number of hydrogen-bond acceptors (Lipinski definition) is 6. The molecule has 1 fully saturated rings. The molecule has 7 nitrogen and oxygen atoms in total. The first-order valence-corrected chi connectivity index (χ1v) is 11.3. The van der Waals surface area contributed by atoms with Crippen molar-refractivity contribution in [2.45, 2.75) is 20.3 Å². The van der Waals surface area contributed by atoms with Gasteiger partial charge in [-0.1, -0.05) is 25.2 Å². The fraction of sp³-hybridized carbons (Fsp3) is 0.524. The smallest absolute Gasteiger partial charge is 0.251 e. The molecule has 1 aliphatic heterocycles. The van der Waals surface area contributed by atoms with Gasteiger partial charge in [0, 0.05) is 25.2 Å². The first kappa shape index (κ1) is 20.1. The largest absolute Gasteiger partial charge is 0.378 e. The Labute approximate surface area is 175 Å². The summed E-state index contributed by atoms with van der Waals surface area (Å²) in [5, 5.41) is 3.05. The molecule has 0 radical (unpaired) electrons. The maximum atomic E-state index is 12.5. The van der Waals surface area contributed by atoms with Crippen LogP contribution in [0.4, 0.5) is 5.82 Å². The Morgan fingerprint density at radius 1 is 1.28 bits per heavy atom. The minimum absolute atomic E-state index is 0.00788. The highest BCUT2D eigenvalue weighted by Crippen LogP contribution is 2.29. The maximum Gasteiger partial charge on any atom is 0.251 e. The second-order valence-corrected chi connectivity index (χ2v) is 8.28. The highest BCUT2D eigenvalue weighted by molar-refractivity contribution is 7.23. The van der Waals surface area contributed by atoms with E-state index in [4.69, 9.17) is 9.72 Å². The summed E-state index contributed by atoms with van der Waals surface area (Å²) in [5.41, 5.74) is 1.80. The van der Waals surface area contributed by atoms with Crippen molar-refractivity contribution in [1.29, 1.82) is 0 Å². The van der Waals surface area contributed by atoms with Crippen molar-refractivity contribution < 1.29 is 9.53 Å². The van der Waals surface area contributed by atoms with Crippen LogP contribution in [0.2, 0.25) is 0 Å². The Hall–Kier alpha value is -2.16. The molecule has 1 aromatic carbocycles. The zero-order valence-corrected chi connectivity index (χ0v) is 18.0. The Morgan fingerprint density at radius 2 is 2.07 bits per heavy atom. The number of ether oxygens (including phenoxy) is 1. The quantitative estimate of drug-likeness (QED) is 0.573. The molecule has 3 aromatic rings. The van der Waals surface area contributed by atoms with Crippen LogP contribution in [0.1, 0.15) is 30.6 Å². The molecule has 8 heteroatoms. The maximum absolute atomic E-state index is 12.5. The van der Waals surface area contributed by atoms with Crippen LogP contribution >= 0.6 is 11.3 Å². The monoisotopic (exact) mass is 415 g/mol. The number of rotatable bonds is 8. The van der Waals surface area contributed by atoms with E-state index in [1.807, 2.05) is 18.2 Å². The molecule has 0 unspecified atom stereocenters. The number of thiazole rings is 1. The van der Waals surface area contributed by atoms with Gasteiger partial charge in [-0.2, -0.15) is 0 Å². The van der Waals surface area contributed by atoms with Crippen LogP contribution in [0.15, 0.2) is 24.4 Å². The summed E-state index contributed by atoms with van der Waals surface area (Å²) in [6, 6.07) is 5.90. The predicted octanol–water partition coefficient (Wildman–Crippen LogP) is 2.85. The zero-order chi connectivity index (χ0) is 20.2. The lowest BCUT2D eigenvalue weighted by molar-refractivity contribution is 0.0952. The van der Waals surface area contributed by atoms with Gasteiger partial charge in [-0.25, -0.2) is 4.98 Å². The molecule has 0 saturated carbocycles. The fourth-order valence-corrected chi connectivity index (χ4v) is 4.76. The van der Waals surface area contributed by atoms with Gasteiger partial charge < -0.3 is 19.9 Å². The van der Waals surface area contributed by atoms with Crippen molar-refractivity contribution in [3.63, 3.8) is 0 Å². The number of morpholine rings is 1. The molecule has 1 aliphatic rings. The van der Waals surface area contributed by atoms with E-state index in [9.17, 15) is 4.79 Å². The SMILES string of the molecule is CCN(CC)CCCNC(=O)c1ccc2c(c1)sc1nc(N3CCOCC3)cn12. The van der Waals surface area contributed by atoms with E-state index in [1.165, 1.54) is 0 Å². The summed E-state index contributed by atoms with van der Waals surface area (Å²) in [5.74, 6) is 0.989. The number of aromatic nitrogens is 2. The van der Waals surface area contributed by atoms with Crippen molar-refractivity contribution in [3.8, 4) is 0 Å². The standard InChI is InChI=1S/C21H29N5O2S/c1-3-24(4-2)9-5-8-22-20(27)16-6-7-17-18(14-16)29-21-23-19(15-26(17)21)25-10-12-28-13-11-25/h6-7,14-15H,3-5,8-13H2,1-2H3,(H,22,27). The molecule has 156 valence electrons. The molecule has 1 amide bonds. The van der Waals surface area contributed by atoms with E-state index in [-0.39, 0.29) is 5.91 Å². The zero-order valence-electron chi connectivity index (χ0n) is 17.2. The number of imidazole rings is 1. The molecule has 0 atom stereocenters. The van der Waals surface area contributed by atoms with Crippen molar-refractivity contribution in [3.05, 3.63) is 30.0 Å². The summed E-state index contributed by atoms with van der Waals surface area (Å²) in [7, 11) is 0. The van der Waals surface area contributed by atoms with Crippen molar-refractivity contribution in [1.82, 2.24) is 19.6 Å². The molecular weight excluding hydrogens is 386 g/mol. The minimum atomic E-state index is -0.00788. The van der Waals surface area contributed by atoms with E-state index in [1.54, 1.807) is 11.3 Å². The first-order valence-electron chi connectivity index (χ1n) is 10.4. The van der Waals surface area contributed by atoms with Gasteiger partial charge in [0.25, 0.3) is 5.91 Å². The number of nitrogens with zero attached hydrogens (tertiary/aromatic N) is 4. The summed E-state index contributed by atoms with van der Waals surface area (Å²) >= 11 is 1.62. The lowest BCUT2D eigenvalue weighted by atomic mass is 10.2. The first-order chi connectivity index (χ1) is 14.2. The second-order valence-electron chi connectivity index (χ2n) is 7.27. The lowest BCUT2D eigenvalue weighted by Gasteiger charge is -2.26. The lowest BCUT2D eigenvalue weighted by Crippen LogP contribution is -2.36.